The molecule has 9 nitrogen and oxygen atoms in total. The Morgan fingerprint density at radius 2 is 2.17 bits per heavy atom. The van der Waals surface area contributed by atoms with E-state index in [1.165, 1.54) is 18.4 Å². The monoisotopic (exact) mass is 370 g/mol. The van der Waals surface area contributed by atoms with Gasteiger partial charge in [0.05, 0.1) is 17.8 Å². The molecule has 126 valence electrons. The van der Waals surface area contributed by atoms with Crippen molar-refractivity contribution in [2.24, 2.45) is 5.14 Å². The van der Waals surface area contributed by atoms with E-state index < -0.39 is 15.8 Å². The molecule has 0 amide bonds. The number of furan rings is 1. The molecule has 0 fully saturated rings. The van der Waals surface area contributed by atoms with Crippen LogP contribution in [0.3, 0.4) is 0 Å². The fourth-order valence-electron chi connectivity index (χ4n) is 2.06. The van der Waals surface area contributed by atoms with Crippen LogP contribution in [0, 0.1) is 0 Å². The number of aromatic nitrogens is 2. The second-order valence-corrected chi connectivity index (χ2v) is 6.69. The summed E-state index contributed by atoms with van der Waals surface area (Å²) in [7, 11) is -4.06. The van der Waals surface area contributed by atoms with Crippen LogP contribution in [0.15, 0.2) is 49.2 Å². The van der Waals surface area contributed by atoms with E-state index in [0.717, 1.165) is 0 Å². The van der Waals surface area contributed by atoms with Gasteiger partial charge in [-0.25, -0.2) is 18.4 Å². The van der Waals surface area contributed by atoms with Gasteiger partial charge in [-0.2, -0.15) is 0 Å². The number of anilines is 1. The van der Waals surface area contributed by atoms with Crippen molar-refractivity contribution in [2.45, 2.75) is 11.4 Å². The first-order valence-corrected chi connectivity index (χ1v) is 8.46. The zero-order chi connectivity index (χ0) is 17.3. The third-order valence-electron chi connectivity index (χ3n) is 3.11. The topological polar surface area (TPSA) is 144 Å². The largest absolute Gasteiger partial charge is 0.467 e. The molecule has 1 aromatic carbocycles. The molecule has 0 aliphatic rings. The van der Waals surface area contributed by atoms with Gasteiger partial charge in [0.1, 0.15) is 10.7 Å². The number of primary sulfonamides is 1. The van der Waals surface area contributed by atoms with Crippen LogP contribution in [0.5, 0.6) is 0 Å². The summed E-state index contributed by atoms with van der Waals surface area (Å²) >= 11 is 6.00. The van der Waals surface area contributed by atoms with Gasteiger partial charge in [-0.15, -0.1) is 0 Å². The van der Waals surface area contributed by atoms with Gasteiger partial charge in [-0.3, -0.25) is 9.51 Å². The Labute approximate surface area is 140 Å². The molecule has 0 bridgehead atoms. The number of benzene rings is 1. The number of nitrogens with two attached hydrogens (primary N) is 1. The molecule has 11 heteroatoms. The molecular formula is C13H11ClN4O5S. The van der Waals surface area contributed by atoms with Crippen LogP contribution >= 0.6 is 11.6 Å². The summed E-state index contributed by atoms with van der Waals surface area (Å²) in [6.45, 7) is 0.299. The van der Waals surface area contributed by atoms with Gasteiger partial charge in [0.25, 0.3) is 0 Å². The van der Waals surface area contributed by atoms with Gasteiger partial charge in [0.15, 0.2) is 5.82 Å². The minimum atomic E-state index is -4.06. The smallest absolute Gasteiger partial charge is 0.439 e. The fraction of sp³-hybridized carbons (Fsp3) is 0.0769. The van der Waals surface area contributed by atoms with E-state index >= 15 is 0 Å². The molecule has 0 atom stereocenters. The summed E-state index contributed by atoms with van der Waals surface area (Å²) in [5.41, 5.74) is 0.661. The van der Waals surface area contributed by atoms with Gasteiger partial charge in [0.2, 0.25) is 10.0 Å². The highest BCUT2D eigenvalue weighted by Crippen LogP contribution is 2.33. The van der Waals surface area contributed by atoms with Crippen LogP contribution in [0.25, 0.3) is 11.4 Å². The van der Waals surface area contributed by atoms with Crippen molar-refractivity contribution in [2.75, 3.05) is 5.32 Å². The van der Waals surface area contributed by atoms with Gasteiger partial charge < -0.3 is 9.73 Å². The van der Waals surface area contributed by atoms with Crippen LogP contribution in [-0.2, 0) is 16.6 Å². The van der Waals surface area contributed by atoms with Gasteiger partial charge in [-0.05, 0) is 24.3 Å². The van der Waals surface area contributed by atoms with E-state index in [1.807, 2.05) is 0 Å². The number of halogens is 1. The summed E-state index contributed by atoms with van der Waals surface area (Å²) in [6.07, 6.45) is 1.52. The van der Waals surface area contributed by atoms with Crippen molar-refractivity contribution in [1.29, 1.82) is 0 Å². The molecular weight excluding hydrogens is 360 g/mol. The van der Waals surface area contributed by atoms with E-state index in [1.54, 1.807) is 12.1 Å². The van der Waals surface area contributed by atoms with Crippen LogP contribution in [0.2, 0.25) is 5.02 Å². The highest BCUT2D eigenvalue weighted by Gasteiger charge is 2.20. The maximum Gasteiger partial charge on any atom is 0.439 e. The van der Waals surface area contributed by atoms with Crippen molar-refractivity contribution < 1.29 is 17.4 Å². The lowest BCUT2D eigenvalue weighted by atomic mass is 10.1. The quantitative estimate of drug-likeness (QED) is 0.617. The molecule has 2 heterocycles. The molecule has 0 saturated carbocycles. The summed E-state index contributed by atoms with van der Waals surface area (Å²) in [4.78, 5) is 13.2. The van der Waals surface area contributed by atoms with Crippen molar-refractivity contribution in [3.05, 3.63) is 51.9 Å². The molecule has 0 radical (unpaired) electrons. The Bertz CT molecular complexity index is 1020. The molecule has 0 aliphatic carbocycles. The first kappa shape index (κ1) is 16.3. The Balaban J connectivity index is 2.09. The first-order chi connectivity index (χ1) is 11.3. The molecule has 2 aromatic heterocycles. The van der Waals surface area contributed by atoms with Gasteiger partial charge in [-0.1, -0.05) is 16.8 Å². The van der Waals surface area contributed by atoms with E-state index in [-0.39, 0.29) is 21.3 Å². The Kier molecular flexibility index (Phi) is 4.18. The van der Waals surface area contributed by atoms with E-state index in [9.17, 15) is 13.2 Å². The number of nitrogens with zero attached hydrogens (tertiary/aromatic N) is 1. The van der Waals surface area contributed by atoms with Crippen molar-refractivity contribution in [3.8, 4) is 11.4 Å². The number of aromatic amines is 1. The zero-order valence-electron chi connectivity index (χ0n) is 11.9. The molecule has 4 N–H and O–H groups in total. The molecule has 0 spiro atoms. The Morgan fingerprint density at radius 3 is 2.75 bits per heavy atom. The molecule has 24 heavy (non-hydrogen) atoms. The van der Waals surface area contributed by atoms with Crippen LogP contribution in [-0.4, -0.2) is 18.6 Å². The lowest BCUT2D eigenvalue weighted by molar-refractivity contribution is 0.388. The molecule has 3 aromatic rings. The Morgan fingerprint density at radius 1 is 1.38 bits per heavy atom. The van der Waals surface area contributed by atoms with Crippen LogP contribution in [0.4, 0.5) is 5.69 Å². The lowest BCUT2D eigenvalue weighted by Crippen LogP contribution is -2.13. The van der Waals surface area contributed by atoms with Crippen LogP contribution < -0.4 is 16.2 Å². The predicted molar refractivity (Wildman–Crippen MR) is 85.0 cm³/mol. The summed E-state index contributed by atoms with van der Waals surface area (Å²) < 4.78 is 32.9. The molecule has 0 aliphatic heterocycles. The molecule has 3 rings (SSSR count). The van der Waals surface area contributed by atoms with E-state index in [2.05, 4.69) is 20.0 Å². The number of nitrogens with one attached hydrogen (secondary N) is 2. The average molecular weight is 371 g/mol. The third-order valence-corrected chi connectivity index (χ3v) is 4.48. The minimum absolute atomic E-state index is 0.0310. The number of rotatable bonds is 5. The second-order valence-electron chi connectivity index (χ2n) is 4.75. The normalized spacial score (nSPS) is 11.6. The first-order valence-electron chi connectivity index (χ1n) is 6.53. The maximum atomic E-state index is 11.6. The van der Waals surface area contributed by atoms with Gasteiger partial charge in [0, 0.05) is 11.3 Å². The molecule has 0 saturated heterocycles. The summed E-state index contributed by atoms with van der Waals surface area (Å²) in [5, 5.41) is 11.7. The average Bonchev–Trinajstić information content (AvgIpc) is 3.15. The van der Waals surface area contributed by atoms with E-state index in [4.69, 9.17) is 21.2 Å². The summed E-state index contributed by atoms with van der Waals surface area (Å²) in [5.74, 6) is -0.112. The number of sulfonamides is 1. The zero-order valence-corrected chi connectivity index (χ0v) is 13.5. The van der Waals surface area contributed by atoms with Gasteiger partial charge >= 0.3 is 5.76 Å². The van der Waals surface area contributed by atoms with Crippen molar-refractivity contribution >= 4 is 27.3 Å². The van der Waals surface area contributed by atoms with E-state index in [0.29, 0.717) is 18.0 Å². The standard InChI is InChI=1S/C13H11ClN4O5S/c14-9-5-10(16-6-7-2-1-3-22-7)8(4-11(9)24(15,20)21)12-17-13(19)23-18-12/h1-5,16H,6H2,(H2,15,20,21)(H,17,18,19). The lowest BCUT2D eigenvalue weighted by Gasteiger charge is -2.12. The Hall–Kier alpha value is -2.56. The SMILES string of the molecule is NS(=O)(=O)c1cc(-c2noc(=O)[nH]2)c(NCc2ccco2)cc1Cl. The molecule has 0 unspecified atom stereocenters. The number of H-pyrrole nitrogens is 1. The number of hydrogen-bond donors (Lipinski definition) is 3. The highest BCUT2D eigenvalue weighted by molar-refractivity contribution is 7.89. The maximum absolute atomic E-state index is 11.6. The third kappa shape index (κ3) is 3.35. The number of hydrogen-bond acceptors (Lipinski definition) is 7. The predicted octanol–water partition coefficient (Wildman–Crippen LogP) is 1.54. The minimum Gasteiger partial charge on any atom is -0.467 e. The highest BCUT2D eigenvalue weighted by atomic mass is 35.5. The van der Waals surface area contributed by atoms with Crippen molar-refractivity contribution in [3.63, 3.8) is 0 Å². The fourth-order valence-corrected chi connectivity index (χ4v) is 3.15. The van der Waals surface area contributed by atoms with Crippen molar-refractivity contribution in [1.82, 2.24) is 10.1 Å². The van der Waals surface area contributed by atoms with Crippen LogP contribution in [0.1, 0.15) is 5.76 Å². The summed E-state index contributed by atoms with van der Waals surface area (Å²) in [6, 6.07) is 6.05. The second kappa shape index (κ2) is 6.15.